The smallest absolute Gasteiger partial charge is 0.0401 e. The molecule has 3 aromatic carbocycles. The molecule has 1 N–H and O–H groups in total. The average molecular weight is 405 g/mol. The van der Waals surface area contributed by atoms with Gasteiger partial charge in [-0.2, -0.15) is 0 Å². The Bertz CT molecular complexity index is 796. The van der Waals surface area contributed by atoms with Gasteiger partial charge in [-0.05, 0) is 59.2 Å². The Balaban J connectivity index is 1.78. The summed E-state index contributed by atoms with van der Waals surface area (Å²) in [5.74, 6) is 0. The highest BCUT2D eigenvalue weighted by atomic mass is 79.9. The number of aryl methyl sites for hydroxylation is 1. The molecule has 0 amide bonds. The molecule has 0 bridgehead atoms. The predicted molar refractivity (Wildman–Crippen MR) is 97.9 cm³/mol. The van der Waals surface area contributed by atoms with E-state index in [1.165, 1.54) is 21.9 Å². The van der Waals surface area contributed by atoms with Gasteiger partial charge >= 0.3 is 0 Å². The molecule has 3 aromatic rings. The zero-order chi connectivity index (χ0) is 14.8. The molecular weight excluding hydrogens is 390 g/mol. The summed E-state index contributed by atoms with van der Waals surface area (Å²) in [7, 11) is 0. The van der Waals surface area contributed by atoms with Gasteiger partial charge in [0, 0.05) is 21.2 Å². The first kappa shape index (κ1) is 14.6. The van der Waals surface area contributed by atoms with Crippen LogP contribution in [0.5, 0.6) is 0 Å². The number of halogens is 2. The van der Waals surface area contributed by atoms with Crippen molar-refractivity contribution < 1.29 is 0 Å². The minimum Gasteiger partial charge on any atom is -0.381 e. The van der Waals surface area contributed by atoms with Crippen LogP contribution in [0.1, 0.15) is 11.1 Å². The Kier molecular flexibility index (Phi) is 4.32. The van der Waals surface area contributed by atoms with Crippen molar-refractivity contribution in [1.82, 2.24) is 0 Å². The largest absolute Gasteiger partial charge is 0.381 e. The van der Waals surface area contributed by atoms with E-state index in [2.05, 4.69) is 98.7 Å². The van der Waals surface area contributed by atoms with Crippen LogP contribution < -0.4 is 5.32 Å². The molecule has 0 atom stereocenters. The first-order valence-electron chi connectivity index (χ1n) is 6.80. The Hall–Kier alpha value is -1.32. The van der Waals surface area contributed by atoms with E-state index in [4.69, 9.17) is 0 Å². The summed E-state index contributed by atoms with van der Waals surface area (Å²) in [6.07, 6.45) is 0. The van der Waals surface area contributed by atoms with E-state index in [0.717, 1.165) is 21.2 Å². The van der Waals surface area contributed by atoms with Crippen LogP contribution in [-0.2, 0) is 6.54 Å². The van der Waals surface area contributed by atoms with Crippen LogP contribution in [0.25, 0.3) is 10.8 Å². The molecule has 0 radical (unpaired) electrons. The van der Waals surface area contributed by atoms with Crippen LogP contribution in [-0.4, -0.2) is 0 Å². The fourth-order valence-corrected chi connectivity index (χ4v) is 3.08. The number of nitrogens with one attached hydrogen (secondary N) is 1. The highest BCUT2D eigenvalue weighted by Crippen LogP contribution is 2.24. The lowest BCUT2D eigenvalue weighted by atomic mass is 10.1. The summed E-state index contributed by atoms with van der Waals surface area (Å²) in [6, 6.07) is 19.3. The lowest BCUT2D eigenvalue weighted by Gasteiger charge is -2.09. The standard InChI is InChI=1S/C18H15Br2N/c1-12-2-3-13(8-18(12)20)11-21-17-7-5-14-9-16(19)6-4-15(14)10-17/h2-10,21H,11H2,1H3. The van der Waals surface area contributed by atoms with Gasteiger partial charge in [-0.3, -0.25) is 0 Å². The van der Waals surface area contributed by atoms with E-state index in [1.54, 1.807) is 0 Å². The highest BCUT2D eigenvalue weighted by Gasteiger charge is 2.00. The van der Waals surface area contributed by atoms with Crippen LogP contribution in [0.2, 0.25) is 0 Å². The summed E-state index contributed by atoms with van der Waals surface area (Å²) < 4.78 is 2.27. The second-order valence-electron chi connectivity index (χ2n) is 5.14. The number of rotatable bonds is 3. The molecule has 0 aliphatic heterocycles. The maximum absolute atomic E-state index is 3.58. The topological polar surface area (TPSA) is 12.0 Å². The lowest BCUT2D eigenvalue weighted by Crippen LogP contribution is -1.99. The Morgan fingerprint density at radius 3 is 2.43 bits per heavy atom. The summed E-state index contributed by atoms with van der Waals surface area (Å²) in [5.41, 5.74) is 3.67. The van der Waals surface area contributed by atoms with Crippen molar-refractivity contribution in [3.8, 4) is 0 Å². The molecule has 3 rings (SSSR count). The van der Waals surface area contributed by atoms with Crippen molar-refractivity contribution in [2.45, 2.75) is 13.5 Å². The van der Waals surface area contributed by atoms with Crippen LogP contribution in [0.4, 0.5) is 5.69 Å². The number of anilines is 1. The molecule has 1 nitrogen and oxygen atoms in total. The number of hydrogen-bond acceptors (Lipinski definition) is 1. The minimum absolute atomic E-state index is 0.820. The van der Waals surface area contributed by atoms with Crippen molar-refractivity contribution in [1.29, 1.82) is 0 Å². The molecule has 0 saturated carbocycles. The van der Waals surface area contributed by atoms with Crippen molar-refractivity contribution in [3.05, 3.63) is 74.7 Å². The van der Waals surface area contributed by atoms with Gasteiger partial charge in [0.1, 0.15) is 0 Å². The fourth-order valence-electron chi connectivity index (χ4n) is 2.28. The first-order valence-corrected chi connectivity index (χ1v) is 8.39. The summed E-state index contributed by atoms with van der Waals surface area (Å²) in [4.78, 5) is 0. The number of hydrogen-bond donors (Lipinski definition) is 1. The average Bonchev–Trinajstić information content (AvgIpc) is 2.48. The molecule has 0 spiro atoms. The third-order valence-corrected chi connectivity index (χ3v) is 4.88. The second-order valence-corrected chi connectivity index (χ2v) is 6.91. The van der Waals surface area contributed by atoms with Gasteiger partial charge in [-0.25, -0.2) is 0 Å². The molecule has 106 valence electrons. The zero-order valence-corrected chi connectivity index (χ0v) is 14.8. The van der Waals surface area contributed by atoms with Crippen molar-refractivity contribution >= 4 is 48.3 Å². The Morgan fingerprint density at radius 1 is 0.857 bits per heavy atom. The van der Waals surface area contributed by atoms with Gasteiger partial charge in [-0.15, -0.1) is 0 Å². The summed E-state index contributed by atoms with van der Waals surface area (Å²) in [5, 5.41) is 5.97. The molecule has 0 aromatic heterocycles. The highest BCUT2D eigenvalue weighted by molar-refractivity contribution is 9.10. The maximum atomic E-state index is 3.58. The Labute approximate surface area is 141 Å². The summed E-state index contributed by atoms with van der Waals surface area (Å²) in [6.45, 7) is 2.92. The molecule has 0 unspecified atom stereocenters. The quantitative estimate of drug-likeness (QED) is 0.541. The van der Waals surface area contributed by atoms with E-state index in [9.17, 15) is 0 Å². The molecule has 0 aliphatic carbocycles. The predicted octanol–water partition coefficient (Wildman–Crippen LogP) is 6.29. The summed E-state index contributed by atoms with van der Waals surface area (Å²) >= 11 is 7.08. The third-order valence-electron chi connectivity index (χ3n) is 3.54. The monoisotopic (exact) mass is 403 g/mol. The molecule has 3 heteroatoms. The SMILES string of the molecule is Cc1ccc(CNc2ccc3cc(Br)ccc3c2)cc1Br. The van der Waals surface area contributed by atoms with Gasteiger partial charge in [0.2, 0.25) is 0 Å². The van der Waals surface area contributed by atoms with Crippen LogP contribution in [0.15, 0.2) is 63.5 Å². The van der Waals surface area contributed by atoms with E-state index >= 15 is 0 Å². The van der Waals surface area contributed by atoms with Gasteiger partial charge in [0.25, 0.3) is 0 Å². The van der Waals surface area contributed by atoms with Crippen molar-refractivity contribution in [3.63, 3.8) is 0 Å². The van der Waals surface area contributed by atoms with Crippen LogP contribution >= 0.6 is 31.9 Å². The van der Waals surface area contributed by atoms with Gasteiger partial charge in [0.05, 0.1) is 0 Å². The van der Waals surface area contributed by atoms with Gasteiger partial charge in [-0.1, -0.05) is 56.1 Å². The van der Waals surface area contributed by atoms with Crippen LogP contribution in [0, 0.1) is 6.92 Å². The normalized spacial score (nSPS) is 10.8. The van der Waals surface area contributed by atoms with E-state index < -0.39 is 0 Å². The van der Waals surface area contributed by atoms with Gasteiger partial charge in [0.15, 0.2) is 0 Å². The molecule has 0 aliphatic rings. The third kappa shape index (κ3) is 3.47. The molecule has 21 heavy (non-hydrogen) atoms. The van der Waals surface area contributed by atoms with E-state index in [0.29, 0.717) is 0 Å². The number of fused-ring (bicyclic) bond motifs is 1. The maximum Gasteiger partial charge on any atom is 0.0401 e. The minimum atomic E-state index is 0.820. The van der Waals surface area contributed by atoms with E-state index in [-0.39, 0.29) is 0 Å². The second kappa shape index (κ2) is 6.20. The van der Waals surface area contributed by atoms with Crippen molar-refractivity contribution in [2.75, 3.05) is 5.32 Å². The molecular formula is C18H15Br2N. The molecule has 0 fully saturated rings. The first-order chi connectivity index (χ1) is 10.1. The van der Waals surface area contributed by atoms with Crippen LogP contribution in [0.3, 0.4) is 0 Å². The number of benzene rings is 3. The molecule has 0 saturated heterocycles. The fraction of sp³-hybridized carbons (Fsp3) is 0.111. The van der Waals surface area contributed by atoms with Gasteiger partial charge < -0.3 is 5.32 Å². The Morgan fingerprint density at radius 2 is 1.62 bits per heavy atom. The lowest BCUT2D eigenvalue weighted by molar-refractivity contribution is 1.14. The zero-order valence-electron chi connectivity index (χ0n) is 11.7. The van der Waals surface area contributed by atoms with Crippen molar-refractivity contribution in [2.24, 2.45) is 0 Å². The van der Waals surface area contributed by atoms with E-state index in [1.807, 2.05) is 0 Å². The molecule has 0 heterocycles.